The van der Waals surface area contributed by atoms with Crippen molar-refractivity contribution in [1.82, 2.24) is 4.90 Å². The topological polar surface area (TPSA) is 65.4 Å². The van der Waals surface area contributed by atoms with Gasteiger partial charge in [-0.25, -0.2) is 4.39 Å². The number of benzene rings is 2. The molecule has 1 amide bonds. The Morgan fingerprint density at radius 2 is 1.88 bits per heavy atom. The Kier molecular flexibility index (Phi) is 6.32. The van der Waals surface area contributed by atoms with E-state index in [-0.39, 0.29) is 29.8 Å². The van der Waals surface area contributed by atoms with Gasteiger partial charge in [0.1, 0.15) is 11.6 Å². The van der Waals surface area contributed by atoms with Crippen molar-refractivity contribution in [2.75, 3.05) is 11.9 Å². The van der Waals surface area contributed by atoms with Gasteiger partial charge < -0.3 is 15.0 Å². The predicted octanol–water partition coefficient (Wildman–Crippen LogP) is 5.51. The number of allylic oxidation sites excluding steroid dienone is 1. The zero-order valence-electron chi connectivity index (χ0n) is 18.9. The van der Waals surface area contributed by atoms with E-state index in [4.69, 9.17) is 4.74 Å². The van der Waals surface area contributed by atoms with Crippen LogP contribution in [0.25, 0.3) is 5.70 Å². The zero-order valence-corrected chi connectivity index (χ0v) is 18.9. The molecule has 1 heterocycles. The summed E-state index contributed by atoms with van der Waals surface area (Å²) >= 11 is 0. The minimum Gasteiger partial charge on any atom is -0.491 e. The maximum absolute atomic E-state index is 13.1. The number of nitrogens with zero attached hydrogens (tertiary/aromatic N) is 2. The van der Waals surface area contributed by atoms with Gasteiger partial charge in [0.15, 0.2) is 0 Å². The Labute approximate surface area is 193 Å². The highest BCUT2D eigenvalue weighted by Gasteiger charge is 2.40. The third kappa shape index (κ3) is 4.54. The summed E-state index contributed by atoms with van der Waals surface area (Å²) in [6.45, 7) is 6.80. The van der Waals surface area contributed by atoms with E-state index < -0.39 is 0 Å². The van der Waals surface area contributed by atoms with E-state index in [2.05, 4.69) is 29.3 Å². The van der Waals surface area contributed by atoms with E-state index in [0.717, 1.165) is 29.1 Å². The predicted molar refractivity (Wildman–Crippen MR) is 126 cm³/mol. The quantitative estimate of drug-likeness (QED) is 0.639. The maximum atomic E-state index is 13.1. The Morgan fingerprint density at radius 1 is 1.18 bits per heavy atom. The first kappa shape index (κ1) is 22.3. The Balaban J connectivity index is 1.58. The van der Waals surface area contributed by atoms with Gasteiger partial charge in [0.25, 0.3) is 5.91 Å². The van der Waals surface area contributed by atoms with Gasteiger partial charge in [-0.3, -0.25) is 4.79 Å². The Morgan fingerprint density at radius 3 is 2.48 bits per heavy atom. The summed E-state index contributed by atoms with van der Waals surface area (Å²) in [6.07, 6.45) is 6.17. The molecule has 0 saturated carbocycles. The van der Waals surface area contributed by atoms with Gasteiger partial charge in [0.05, 0.1) is 29.5 Å². The average Bonchev–Trinajstić information content (AvgIpc) is 3.12. The Hall–Kier alpha value is -3.85. The molecule has 0 radical (unpaired) electrons. The minimum absolute atomic E-state index is 0.0243. The van der Waals surface area contributed by atoms with Crippen molar-refractivity contribution in [3.8, 4) is 6.07 Å². The number of hydrogen-bond acceptors (Lipinski definition) is 4. The highest BCUT2D eigenvalue weighted by atomic mass is 19.1. The number of anilines is 1. The van der Waals surface area contributed by atoms with Crippen LogP contribution in [0.3, 0.4) is 0 Å². The number of ether oxygens (including phenoxy) is 1. The van der Waals surface area contributed by atoms with Crippen LogP contribution in [0.2, 0.25) is 0 Å². The summed E-state index contributed by atoms with van der Waals surface area (Å²) in [7, 11) is 0. The largest absolute Gasteiger partial charge is 0.491 e. The molecule has 0 aromatic heterocycles. The van der Waals surface area contributed by atoms with E-state index in [1.165, 1.54) is 24.3 Å². The van der Waals surface area contributed by atoms with E-state index in [1.54, 1.807) is 0 Å². The fourth-order valence-corrected chi connectivity index (χ4v) is 4.34. The molecule has 0 fully saturated rings. The third-order valence-electron chi connectivity index (χ3n) is 5.76. The molecule has 2 aliphatic rings. The van der Waals surface area contributed by atoms with Gasteiger partial charge in [0, 0.05) is 23.7 Å². The third-order valence-corrected chi connectivity index (χ3v) is 5.76. The van der Waals surface area contributed by atoms with Crippen molar-refractivity contribution in [1.29, 1.82) is 5.26 Å². The number of nitriles is 1. The van der Waals surface area contributed by atoms with Crippen molar-refractivity contribution in [2.45, 2.75) is 32.9 Å². The van der Waals surface area contributed by atoms with E-state index in [1.807, 2.05) is 50.3 Å². The van der Waals surface area contributed by atoms with Crippen molar-refractivity contribution in [3.63, 3.8) is 0 Å². The maximum Gasteiger partial charge on any atom is 0.255 e. The van der Waals surface area contributed by atoms with Gasteiger partial charge in [-0.1, -0.05) is 18.2 Å². The zero-order chi connectivity index (χ0) is 23.5. The average molecular weight is 444 g/mol. The molecule has 0 bridgehead atoms. The molecule has 5 nitrogen and oxygen atoms in total. The standard InChI is InChI=1S/C27H26FN3O2/c1-4-31-25-15-22(33-17(2)3)13-14-23(25)24(16-29)26(31)18-7-11-21(12-8-18)30-27(32)19-5-9-20(28)10-6-19/h5-15,17,23,25H,4H2,1-3H3,(H,30,32). The van der Waals surface area contributed by atoms with Crippen LogP contribution in [0.5, 0.6) is 0 Å². The monoisotopic (exact) mass is 443 g/mol. The molecule has 2 atom stereocenters. The van der Waals surface area contributed by atoms with Crippen LogP contribution >= 0.6 is 0 Å². The number of fused-ring (bicyclic) bond motifs is 1. The fourth-order valence-electron chi connectivity index (χ4n) is 4.34. The summed E-state index contributed by atoms with van der Waals surface area (Å²) in [6, 6.07) is 15.3. The number of likely N-dealkylation sites (N-methyl/N-ethyl adjacent to an activating group) is 1. The lowest BCUT2D eigenvalue weighted by Gasteiger charge is -2.31. The van der Waals surface area contributed by atoms with E-state index in [9.17, 15) is 14.4 Å². The first-order valence-electron chi connectivity index (χ1n) is 11.1. The molecule has 2 aromatic rings. The molecule has 1 N–H and O–H groups in total. The lowest BCUT2D eigenvalue weighted by atomic mass is 9.90. The lowest BCUT2D eigenvalue weighted by molar-refractivity contribution is 0.102. The molecule has 33 heavy (non-hydrogen) atoms. The molecule has 2 aromatic carbocycles. The van der Waals surface area contributed by atoms with Crippen LogP contribution in [-0.4, -0.2) is 29.5 Å². The summed E-state index contributed by atoms with van der Waals surface area (Å²) in [4.78, 5) is 14.6. The lowest BCUT2D eigenvalue weighted by Crippen LogP contribution is -2.33. The number of rotatable bonds is 6. The number of halogens is 1. The number of nitrogens with one attached hydrogen (secondary N) is 1. The van der Waals surface area contributed by atoms with Crippen molar-refractivity contribution >= 4 is 17.3 Å². The molecule has 2 unspecified atom stereocenters. The minimum atomic E-state index is -0.386. The molecule has 1 aliphatic heterocycles. The first-order valence-corrected chi connectivity index (χ1v) is 11.1. The van der Waals surface area contributed by atoms with E-state index in [0.29, 0.717) is 11.3 Å². The van der Waals surface area contributed by atoms with Gasteiger partial charge in [-0.05, 0) is 74.9 Å². The van der Waals surface area contributed by atoms with Crippen LogP contribution in [0, 0.1) is 23.1 Å². The van der Waals surface area contributed by atoms with Crippen LogP contribution in [-0.2, 0) is 4.74 Å². The summed E-state index contributed by atoms with van der Waals surface area (Å²) in [5, 5.41) is 12.8. The molecule has 6 heteroatoms. The summed E-state index contributed by atoms with van der Waals surface area (Å²) in [5.41, 5.74) is 3.54. The molecular formula is C27H26FN3O2. The molecule has 1 aliphatic carbocycles. The van der Waals surface area contributed by atoms with Crippen LogP contribution in [0.15, 0.2) is 78.1 Å². The van der Waals surface area contributed by atoms with Crippen molar-refractivity contribution in [3.05, 3.63) is 95.0 Å². The van der Waals surface area contributed by atoms with E-state index >= 15 is 0 Å². The normalized spacial score (nSPS) is 19.3. The fraction of sp³-hybridized carbons (Fsp3) is 0.259. The number of amides is 1. The SMILES string of the molecule is CCN1C(c2ccc(NC(=O)c3ccc(F)cc3)cc2)=C(C#N)C2C=CC(OC(C)C)=CC21. The van der Waals surface area contributed by atoms with Crippen molar-refractivity contribution in [2.24, 2.45) is 5.92 Å². The second-order valence-corrected chi connectivity index (χ2v) is 8.31. The summed E-state index contributed by atoms with van der Waals surface area (Å²) in [5.74, 6) is 0.0989. The van der Waals surface area contributed by atoms with Gasteiger partial charge >= 0.3 is 0 Å². The van der Waals surface area contributed by atoms with Gasteiger partial charge in [0.2, 0.25) is 0 Å². The highest BCUT2D eigenvalue weighted by molar-refractivity contribution is 6.04. The number of hydrogen-bond donors (Lipinski definition) is 1. The highest BCUT2D eigenvalue weighted by Crippen LogP contribution is 2.43. The second-order valence-electron chi connectivity index (χ2n) is 8.31. The number of carbonyl (C=O) groups excluding carboxylic acids is 1. The summed E-state index contributed by atoms with van der Waals surface area (Å²) < 4.78 is 19.0. The second kappa shape index (κ2) is 9.33. The number of carbonyl (C=O) groups is 1. The molecule has 0 spiro atoms. The smallest absolute Gasteiger partial charge is 0.255 e. The molecule has 4 rings (SSSR count). The van der Waals surface area contributed by atoms with Crippen LogP contribution < -0.4 is 5.32 Å². The molecule has 168 valence electrons. The van der Waals surface area contributed by atoms with Gasteiger partial charge in [-0.2, -0.15) is 5.26 Å². The van der Waals surface area contributed by atoms with Crippen LogP contribution in [0.4, 0.5) is 10.1 Å². The first-order chi connectivity index (χ1) is 15.9. The molecule has 0 saturated heterocycles. The Bertz CT molecular complexity index is 1170. The van der Waals surface area contributed by atoms with Crippen LogP contribution in [0.1, 0.15) is 36.7 Å². The van der Waals surface area contributed by atoms with Crippen molar-refractivity contribution < 1.29 is 13.9 Å². The van der Waals surface area contributed by atoms with Gasteiger partial charge in [-0.15, -0.1) is 0 Å². The molecular weight excluding hydrogens is 417 g/mol.